The highest BCUT2D eigenvalue weighted by Gasteiger charge is 2.34. The first-order chi connectivity index (χ1) is 15.2. The minimum atomic E-state index is -3.44. The maximum atomic E-state index is 12.6. The van der Waals surface area contributed by atoms with Crippen LogP contribution in [-0.4, -0.2) is 46.9 Å². The number of hydrogen-bond acceptors (Lipinski definition) is 4. The van der Waals surface area contributed by atoms with Gasteiger partial charge in [-0.2, -0.15) is 0 Å². The summed E-state index contributed by atoms with van der Waals surface area (Å²) in [5.74, 6) is -0.0544. The van der Waals surface area contributed by atoms with Gasteiger partial charge < -0.3 is 10.1 Å². The lowest BCUT2D eigenvalue weighted by atomic mass is 9.74. The molecule has 1 amide bonds. The number of amides is 1. The van der Waals surface area contributed by atoms with Crippen molar-refractivity contribution in [3.63, 3.8) is 0 Å². The van der Waals surface area contributed by atoms with Gasteiger partial charge in [0, 0.05) is 38.1 Å². The molecule has 3 rings (SSSR count). The summed E-state index contributed by atoms with van der Waals surface area (Å²) >= 11 is 0. The van der Waals surface area contributed by atoms with E-state index in [2.05, 4.69) is 17.4 Å². The van der Waals surface area contributed by atoms with Crippen LogP contribution in [0.4, 0.5) is 5.69 Å². The standard InChI is InChI=1S/C25H34N2O4S/c1-20-11-12-21(2)23(18-20)27(32(3,29)30)15-7-10-24(28)26-19-25(13-16-31-17-14-25)22-8-5-4-6-9-22/h4-6,8-9,11-12,18H,7,10,13-17,19H2,1-3H3,(H,26,28). The molecule has 1 aliphatic rings. The number of carbonyl (C=O) groups is 1. The van der Waals surface area contributed by atoms with Gasteiger partial charge in [0.2, 0.25) is 15.9 Å². The Morgan fingerprint density at radius 2 is 1.78 bits per heavy atom. The largest absolute Gasteiger partial charge is 0.381 e. The number of hydrogen-bond donors (Lipinski definition) is 1. The molecule has 2 aromatic carbocycles. The minimum absolute atomic E-state index is 0.0544. The van der Waals surface area contributed by atoms with Crippen molar-refractivity contribution in [1.82, 2.24) is 5.32 Å². The molecule has 1 aliphatic heterocycles. The Morgan fingerprint density at radius 3 is 2.44 bits per heavy atom. The topological polar surface area (TPSA) is 75.7 Å². The zero-order valence-electron chi connectivity index (χ0n) is 19.3. The van der Waals surface area contributed by atoms with Gasteiger partial charge in [0.25, 0.3) is 0 Å². The Hall–Kier alpha value is -2.38. The molecule has 0 aliphatic carbocycles. The van der Waals surface area contributed by atoms with E-state index in [1.54, 1.807) is 0 Å². The van der Waals surface area contributed by atoms with Crippen LogP contribution >= 0.6 is 0 Å². The molecule has 0 aromatic heterocycles. The number of nitrogens with one attached hydrogen (secondary N) is 1. The molecule has 1 saturated heterocycles. The van der Waals surface area contributed by atoms with Gasteiger partial charge in [-0.25, -0.2) is 8.42 Å². The van der Waals surface area contributed by atoms with Gasteiger partial charge in [0.15, 0.2) is 0 Å². The maximum Gasteiger partial charge on any atom is 0.232 e. The summed E-state index contributed by atoms with van der Waals surface area (Å²) in [5, 5.41) is 3.10. The van der Waals surface area contributed by atoms with Crippen molar-refractivity contribution in [2.45, 2.75) is 44.9 Å². The van der Waals surface area contributed by atoms with Gasteiger partial charge in [0.1, 0.15) is 0 Å². The fraction of sp³-hybridized carbons (Fsp3) is 0.480. The highest BCUT2D eigenvalue weighted by Crippen LogP contribution is 2.34. The van der Waals surface area contributed by atoms with Gasteiger partial charge in [-0.1, -0.05) is 42.5 Å². The van der Waals surface area contributed by atoms with Crippen molar-refractivity contribution >= 4 is 21.6 Å². The summed E-state index contributed by atoms with van der Waals surface area (Å²) in [6.45, 7) is 6.04. The summed E-state index contributed by atoms with van der Waals surface area (Å²) in [6, 6.07) is 16.1. The van der Waals surface area contributed by atoms with E-state index in [0.29, 0.717) is 31.9 Å². The third kappa shape index (κ3) is 6.11. The molecule has 1 N–H and O–H groups in total. The number of rotatable bonds is 9. The quantitative estimate of drug-likeness (QED) is 0.622. The van der Waals surface area contributed by atoms with Crippen LogP contribution in [-0.2, 0) is 25.0 Å². The number of ether oxygens (including phenoxy) is 1. The van der Waals surface area contributed by atoms with E-state index in [9.17, 15) is 13.2 Å². The predicted octanol–water partition coefficient (Wildman–Crippen LogP) is 3.71. The molecule has 6 nitrogen and oxygen atoms in total. The van der Waals surface area contributed by atoms with E-state index in [0.717, 1.165) is 24.0 Å². The lowest BCUT2D eigenvalue weighted by Gasteiger charge is -2.38. The second kappa shape index (κ2) is 10.5. The zero-order valence-corrected chi connectivity index (χ0v) is 20.1. The van der Waals surface area contributed by atoms with Crippen LogP contribution in [0.15, 0.2) is 48.5 Å². The molecular formula is C25H34N2O4S. The lowest BCUT2D eigenvalue weighted by Crippen LogP contribution is -2.44. The summed E-state index contributed by atoms with van der Waals surface area (Å²) in [4.78, 5) is 12.6. The highest BCUT2D eigenvalue weighted by molar-refractivity contribution is 7.92. The maximum absolute atomic E-state index is 12.6. The molecule has 1 fully saturated rings. The number of anilines is 1. The third-order valence-electron chi connectivity index (χ3n) is 6.26. The molecule has 32 heavy (non-hydrogen) atoms. The van der Waals surface area contributed by atoms with Crippen LogP contribution in [0.3, 0.4) is 0 Å². The average Bonchev–Trinajstić information content (AvgIpc) is 2.77. The van der Waals surface area contributed by atoms with Crippen LogP contribution in [0, 0.1) is 13.8 Å². The zero-order chi connectivity index (χ0) is 23.2. The summed E-state index contributed by atoms with van der Waals surface area (Å²) in [5.41, 5.74) is 3.68. The van der Waals surface area contributed by atoms with E-state index in [-0.39, 0.29) is 24.3 Å². The average molecular weight is 459 g/mol. The van der Waals surface area contributed by atoms with Crippen molar-refractivity contribution in [1.29, 1.82) is 0 Å². The Kier molecular flexibility index (Phi) is 7.96. The van der Waals surface area contributed by atoms with Crippen LogP contribution in [0.2, 0.25) is 0 Å². The summed E-state index contributed by atoms with van der Waals surface area (Å²) < 4.78 is 31.8. The number of sulfonamides is 1. The van der Waals surface area contributed by atoms with Crippen LogP contribution in [0.1, 0.15) is 42.4 Å². The molecule has 174 valence electrons. The molecule has 2 aromatic rings. The van der Waals surface area contributed by atoms with Gasteiger partial charge in [0.05, 0.1) is 11.9 Å². The van der Waals surface area contributed by atoms with E-state index in [1.165, 1.54) is 16.1 Å². The van der Waals surface area contributed by atoms with Crippen molar-refractivity contribution in [3.8, 4) is 0 Å². The van der Waals surface area contributed by atoms with Crippen molar-refractivity contribution in [3.05, 3.63) is 65.2 Å². The molecular weight excluding hydrogens is 424 g/mol. The van der Waals surface area contributed by atoms with E-state index < -0.39 is 10.0 Å². The van der Waals surface area contributed by atoms with Gasteiger partial charge in [-0.3, -0.25) is 9.10 Å². The molecule has 0 bridgehead atoms. The SMILES string of the molecule is Cc1ccc(C)c(N(CCCC(=O)NCC2(c3ccccc3)CCOCC2)S(C)(=O)=O)c1. The second-order valence-electron chi connectivity index (χ2n) is 8.76. The van der Waals surface area contributed by atoms with Gasteiger partial charge in [-0.05, 0) is 55.9 Å². The fourth-order valence-corrected chi connectivity index (χ4v) is 5.33. The molecule has 1 heterocycles. The first-order valence-electron chi connectivity index (χ1n) is 11.2. The van der Waals surface area contributed by atoms with Gasteiger partial charge in [-0.15, -0.1) is 0 Å². The number of carbonyl (C=O) groups excluding carboxylic acids is 1. The van der Waals surface area contributed by atoms with Crippen molar-refractivity contribution in [2.24, 2.45) is 0 Å². The smallest absolute Gasteiger partial charge is 0.232 e. The highest BCUT2D eigenvalue weighted by atomic mass is 32.2. The molecule has 0 saturated carbocycles. The fourth-order valence-electron chi connectivity index (χ4n) is 4.31. The molecule has 7 heteroatoms. The molecule has 0 spiro atoms. The minimum Gasteiger partial charge on any atom is -0.381 e. The number of aryl methyl sites for hydroxylation is 2. The lowest BCUT2D eigenvalue weighted by molar-refractivity contribution is -0.121. The third-order valence-corrected chi connectivity index (χ3v) is 7.44. The Bertz CT molecular complexity index is 1020. The molecule has 0 atom stereocenters. The van der Waals surface area contributed by atoms with Crippen LogP contribution in [0.25, 0.3) is 0 Å². The second-order valence-corrected chi connectivity index (χ2v) is 10.7. The van der Waals surface area contributed by atoms with Gasteiger partial charge >= 0.3 is 0 Å². The summed E-state index contributed by atoms with van der Waals surface area (Å²) in [6.07, 6.45) is 3.67. The first-order valence-corrected chi connectivity index (χ1v) is 13.0. The molecule has 0 radical (unpaired) electrons. The van der Waals surface area contributed by atoms with Crippen molar-refractivity contribution in [2.75, 3.05) is 36.9 Å². The summed E-state index contributed by atoms with van der Waals surface area (Å²) in [7, 11) is -3.44. The normalized spacial score (nSPS) is 15.8. The Morgan fingerprint density at radius 1 is 1.09 bits per heavy atom. The Labute approximate surface area is 192 Å². The monoisotopic (exact) mass is 458 g/mol. The molecule has 0 unspecified atom stereocenters. The van der Waals surface area contributed by atoms with E-state index in [4.69, 9.17) is 4.74 Å². The predicted molar refractivity (Wildman–Crippen MR) is 129 cm³/mol. The van der Waals surface area contributed by atoms with Crippen LogP contribution in [0.5, 0.6) is 0 Å². The Balaban J connectivity index is 1.60. The van der Waals surface area contributed by atoms with Crippen molar-refractivity contribution < 1.29 is 17.9 Å². The number of nitrogens with zero attached hydrogens (tertiary/aromatic N) is 1. The first kappa shape index (κ1) is 24.3. The van der Waals surface area contributed by atoms with Crippen LogP contribution < -0.4 is 9.62 Å². The van der Waals surface area contributed by atoms with E-state index in [1.807, 2.05) is 50.2 Å². The van der Waals surface area contributed by atoms with E-state index >= 15 is 0 Å². The number of benzene rings is 2.